The zero-order valence-electron chi connectivity index (χ0n) is 9.15. The summed E-state index contributed by atoms with van der Waals surface area (Å²) in [6.07, 6.45) is 4.72. The van der Waals surface area contributed by atoms with Crippen LogP contribution in [0.5, 0.6) is 0 Å². The van der Waals surface area contributed by atoms with Crippen molar-refractivity contribution in [3.8, 4) is 0 Å². The number of aromatic amines is 1. The first-order chi connectivity index (χ1) is 7.68. The molecule has 0 aliphatic rings. The summed E-state index contributed by atoms with van der Waals surface area (Å²) in [5.74, 6) is -0.0137. The Hall–Kier alpha value is -1.40. The molecule has 0 aliphatic heterocycles. The van der Waals surface area contributed by atoms with Crippen LogP contribution in [0.15, 0.2) is 12.5 Å². The van der Waals surface area contributed by atoms with Crippen molar-refractivity contribution in [3.05, 3.63) is 18.2 Å². The number of imidazole rings is 1. The molecule has 1 rings (SSSR count). The molecule has 0 fully saturated rings. The van der Waals surface area contributed by atoms with Gasteiger partial charge in [0, 0.05) is 31.3 Å². The second-order valence-corrected chi connectivity index (χ2v) is 3.64. The number of carbonyl (C=O) groups is 1. The fraction of sp³-hybridized carbons (Fsp3) is 0.600. The Kier molecular flexibility index (Phi) is 5.52. The molecule has 1 aromatic rings. The third-order valence-electron chi connectivity index (χ3n) is 2.18. The lowest BCUT2D eigenvalue weighted by Crippen LogP contribution is -2.26. The highest BCUT2D eigenvalue weighted by molar-refractivity contribution is 5.75. The van der Waals surface area contributed by atoms with Crippen molar-refractivity contribution >= 4 is 5.91 Å². The SMILES string of the molecule is NC(O)CCCC(=O)NCCc1cnc[nH]1. The molecule has 1 atom stereocenters. The molecule has 6 nitrogen and oxygen atoms in total. The molecule has 1 aromatic heterocycles. The number of H-pyrrole nitrogens is 1. The van der Waals surface area contributed by atoms with Gasteiger partial charge in [-0.2, -0.15) is 0 Å². The molecular weight excluding hydrogens is 208 g/mol. The molecule has 6 heteroatoms. The van der Waals surface area contributed by atoms with Gasteiger partial charge in [-0.1, -0.05) is 0 Å². The molecule has 0 bridgehead atoms. The van der Waals surface area contributed by atoms with E-state index < -0.39 is 6.23 Å². The summed E-state index contributed by atoms with van der Waals surface area (Å²) in [5, 5.41) is 11.6. The lowest BCUT2D eigenvalue weighted by molar-refractivity contribution is -0.121. The molecular formula is C10H18N4O2. The third-order valence-corrected chi connectivity index (χ3v) is 2.18. The van der Waals surface area contributed by atoms with E-state index in [1.54, 1.807) is 12.5 Å². The van der Waals surface area contributed by atoms with Crippen molar-refractivity contribution in [1.82, 2.24) is 15.3 Å². The first kappa shape index (κ1) is 12.7. The molecule has 0 spiro atoms. The van der Waals surface area contributed by atoms with Gasteiger partial charge in [-0.3, -0.25) is 4.79 Å². The number of amides is 1. The number of carbonyl (C=O) groups excluding carboxylic acids is 1. The van der Waals surface area contributed by atoms with E-state index in [4.69, 9.17) is 10.8 Å². The Morgan fingerprint density at radius 2 is 2.50 bits per heavy atom. The van der Waals surface area contributed by atoms with E-state index in [1.807, 2.05) is 0 Å². The van der Waals surface area contributed by atoms with Gasteiger partial charge in [-0.05, 0) is 12.8 Å². The summed E-state index contributed by atoms with van der Waals surface area (Å²) in [6.45, 7) is 0.589. The van der Waals surface area contributed by atoms with Gasteiger partial charge in [0.05, 0.1) is 6.33 Å². The van der Waals surface area contributed by atoms with E-state index >= 15 is 0 Å². The molecule has 0 radical (unpaired) electrons. The van der Waals surface area contributed by atoms with Crippen LogP contribution in [0, 0.1) is 0 Å². The van der Waals surface area contributed by atoms with Crippen molar-refractivity contribution in [1.29, 1.82) is 0 Å². The maximum absolute atomic E-state index is 11.3. The lowest BCUT2D eigenvalue weighted by atomic mass is 10.2. The molecule has 1 heterocycles. The van der Waals surface area contributed by atoms with Gasteiger partial charge in [0.2, 0.25) is 5.91 Å². The van der Waals surface area contributed by atoms with Crippen LogP contribution in [0.2, 0.25) is 0 Å². The van der Waals surface area contributed by atoms with Crippen molar-refractivity contribution in [2.75, 3.05) is 6.54 Å². The van der Waals surface area contributed by atoms with Gasteiger partial charge >= 0.3 is 0 Å². The lowest BCUT2D eigenvalue weighted by Gasteiger charge is -2.05. The van der Waals surface area contributed by atoms with Crippen LogP contribution in [0.1, 0.15) is 25.0 Å². The number of aromatic nitrogens is 2. The fourth-order valence-electron chi connectivity index (χ4n) is 1.32. The van der Waals surface area contributed by atoms with Gasteiger partial charge < -0.3 is 21.1 Å². The van der Waals surface area contributed by atoms with E-state index in [-0.39, 0.29) is 5.91 Å². The van der Waals surface area contributed by atoms with E-state index in [0.29, 0.717) is 25.8 Å². The minimum Gasteiger partial charge on any atom is -0.379 e. The first-order valence-electron chi connectivity index (χ1n) is 5.36. The van der Waals surface area contributed by atoms with Crippen LogP contribution in [-0.2, 0) is 11.2 Å². The molecule has 1 unspecified atom stereocenters. The predicted molar refractivity (Wildman–Crippen MR) is 59.3 cm³/mol. The van der Waals surface area contributed by atoms with Crippen molar-refractivity contribution in [2.24, 2.45) is 5.73 Å². The Labute approximate surface area is 94.3 Å². The maximum atomic E-state index is 11.3. The summed E-state index contributed by atoms with van der Waals surface area (Å²) >= 11 is 0. The highest BCUT2D eigenvalue weighted by Gasteiger charge is 2.02. The first-order valence-corrected chi connectivity index (χ1v) is 5.36. The zero-order chi connectivity index (χ0) is 11.8. The number of hydrogen-bond acceptors (Lipinski definition) is 4. The van der Waals surface area contributed by atoms with Gasteiger partial charge in [0.15, 0.2) is 0 Å². The van der Waals surface area contributed by atoms with Crippen LogP contribution < -0.4 is 11.1 Å². The summed E-state index contributed by atoms with van der Waals surface area (Å²) in [4.78, 5) is 18.1. The zero-order valence-corrected chi connectivity index (χ0v) is 9.15. The smallest absolute Gasteiger partial charge is 0.220 e. The molecule has 16 heavy (non-hydrogen) atoms. The Morgan fingerprint density at radius 3 is 3.12 bits per heavy atom. The Balaban J connectivity index is 2.02. The second-order valence-electron chi connectivity index (χ2n) is 3.64. The number of aliphatic hydroxyl groups is 1. The normalized spacial score (nSPS) is 12.4. The fourth-order valence-corrected chi connectivity index (χ4v) is 1.32. The van der Waals surface area contributed by atoms with Crippen molar-refractivity contribution in [3.63, 3.8) is 0 Å². The summed E-state index contributed by atoms with van der Waals surface area (Å²) < 4.78 is 0. The molecule has 0 aromatic carbocycles. The molecule has 1 amide bonds. The molecule has 5 N–H and O–H groups in total. The highest BCUT2D eigenvalue weighted by Crippen LogP contribution is 1.97. The van der Waals surface area contributed by atoms with Gasteiger partial charge in [-0.15, -0.1) is 0 Å². The summed E-state index contributed by atoms with van der Waals surface area (Å²) in [7, 11) is 0. The quantitative estimate of drug-likeness (QED) is 0.471. The van der Waals surface area contributed by atoms with Gasteiger partial charge in [0.1, 0.15) is 6.23 Å². The third kappa shape index (κ3) is 5.47. The van der Waals surface area contributed by atoms with Crippen molar-refractivity contribution < 1.29 is 9.90 Å². The number of aliphatic hydroxyl groups excluding tert-OH is 1. The highest BCUT2D eigenvalue weighted by atomic mass is 16.3. The summed E-state index contributed by atoms with van der Waals surface area (Å²) in [6, 6.07) is 0. The molecule has 0 aliphatic carbocycles. The van der Waals surface area contributed by atoms with Crippen LogP contribution in [0.25, 0.3) is 0 Å². The van der Waals surface area contributed by atoms with Crippen LogP contribution in [0.4, 0.5) is 0 Å². The second kappa shape index (κ2) is 6.97. The van der Waals surface area contributed by atoms with E-state index in [9.17, 15) is 4.79 Å². The number of hydrogen-bond donors (Lipinski definition) is 4. The topological polar surface area (TPSA) is 104 Å². The monoisotopic (exact) mass is 226 g/mol. The average Bonchev–Trinajstić information content (AvgIpc) is 2.70. The Bertz CT molecular complexity index is 298. The van der Waals surface area contributed by atoms with Crippen LogP contribution in [-0.4, -0.2) is 33.8 Å². The predicted octanol–water partition coefficient (Wildman–Crippen LogP) is -0.484. The van der Waals surface area contributed by atoms with E-state index in [2.05, 4.69) is 15.3 Å². The van der Waals surface area contributed by atoms with Crippen molar-refractivity contribution in [2.45, 2.75) is 31.9 Å². The van der Waals surface area contributed by atoms with Crippen LogP contribution in [0.3, 0.4) is 0 Å². The Morgan fingerprint density at radius 1 is 1.69 bits per heavy atom. The number of rotatable bonds is 7. The molecule has 0 saturated heterocycles. The van der Waals surface area contributed by atoms with E-state index in [0.717, 1.165) is 12.1 Å². The summed E-state index contributed by atoms with van der Waals surface area (Å²) in [5.41, 5.74) is 6.15. The maximum Gasteiger partial charge on any atom is 0.220 e. The molecule has 0 saturated carbocycles. The van der Waals surface area contributed by atoms with Gasteiger partial charge in [-0.25, -0.2) is 4.98 Å². The average molecular weight is 226 g/mol. The van der Waals surface area contributed by atoms with Crippen LogP contribution >= 0.6 is 0 Å². The molecule has 90 valence electrons. The minimum absolute atomic E-state index is 0.0137. The number of nitrogens with one attached hydrogen (secondary N) is 2. The largest absolute Gasteiger partial charge is 0.379 e. The number of nitrogens with zero attached hydrogens (tertiary/aromatic N) is 1. The van der Waals surface area contributed by atoms with E-state index in [1.165, 1.54) is 0 Å². The minimum atomic E-state index is -0.821. The van der Waals surface area contributed by atoms with Gasteiger partial charge in [0.25, 0.3) is 0 Å². The standard InChI is InChI=1S/C10H18N4O2/c11-9(15)2-1-3-10(16)13-5-4-8-6-12-7-14-8/h6-7,9,15H,1-5,11H2,(H,12,14)(H,13,16). The number of nitrogens with two attached hydrogens (primary N) is 1.